The van der Waals surface area contributed by atoms with Crippen LogP contribution in [0.2, 0.25) is 0 Å². The van der Waals surface area contributed by atoms with Crippen molar-refractivity contribution in [1.29, 1.82) is 0 Å². The highest BCUT2D eigenvalue weighted by Gasteiger charge is 2.18. The van der Waals surface area contributed by atoms with Gasteiger partial charge < -0.3 is 19.4 Å². The van der Waals surface area contributed by atoms with Crippen molar-refractivity contribution in [3.8, 4) is 16.9 Å². The molecule has 3 aromatic rings. The molecule has 0 unspecified atom stereocenters. The van der Waals surface area contributed by atoms with Gasteiger partial charge >= 0.3 is 0 Å². The molecule has 1 fully saturated rings. The molecule has 0 N–H and O–H groups in total. The van der Waals surface area contributed by atoms with Crippen LogP contribution in [0.25, 0.3) is 17.2 Å². The van der Waals surface area contributed by atoms with Gasteiger partial charge in [-0.2, -0.15) is 0 Å². The maximum atomic E-state index is 13.2. The van der Waals surface area contributed by atoms with Crippen molar-refractivity contribution in [1.82, 2.24) is 9.80 Å². The fraction of sp³-hybridized carbons (Fsp3) is 0.300. The second-order valence-electron chi connectivity index (χ2n) is 9.39. The van der Waals surface area contributed by atoms with E-state index in [1.54, 1.807) is 13.2 Å². The summed E-state index contributed by atoms with van der Waals surface area (Å²) >= 11 is 0. The van der Waals surface area contributed by atoms with Crippen molar-refractivity contribution in [3.63, 3.8) is 0 Å². The largest absolute Gasteiger partial charge is 0.497 e. The molecule has 0 spiro atoms. The number of methoxy groups -OCH3 is 1. The summed E-state index contributed by atoms with van der Waals surface area (Å²) in [5.74, 6) is 0.753. The first-order chi connectivity index (χ1) is 16.9. The Kier molecular flexibility index (Phi) is 8.01. The van der Waals surface area contributed by atoms with Crippen LogP contribution in [0, 0.1) is 0 Å². The van der Waals surface area contributed by atoms with Crippen molar-refractivity contribution in [3.05, 3.63) is 89.5 Å². The molecule has 4 rings (SSSR count). The summed E-state index contributed by atoms with van der Waals surface area (Å²) in [7, 11) is 7.81. The Balaban J connectivity index is 1.63. The van der Waals surface area contributed by atoms with Crippen molar-refractivity contribution in [2.24, 2.45) is 0 Å². The van der Waals surface area contributed by atoms with Crippen molar-refractivity contribution in [2.75, 3.05) is 59.3 Å². The summed E-state index contributed by atoms with van der Waals surface area (Å²) in [6, 6.07) is 22.6. The maximum Gasteiger partial charge on any atom is 0.186 e. The molecule has 1 heterocycles. The summed E-state index contributed by atoms with van der Waals surface area (Å²) in [5, 5.41) is 0. The van der Waals surface area contributed by atoms with Gasteiger partial charge in [0.1, 0.15) is 5.75 Å². The molecule has 182 valence electrons. The quantitative estimate of drug-likeness (QED) is 0.340. The molecule has 1 aliphatic rings. The fourth-order valence-electron chi connectivity index (χ4n) is 4.50. The monoisotopic (exact) mass is 469 g/mol. The normalized spacial score (nSPS) is 14.6. The van der Waals surface area contributed by atoms with E-state index in [1.807, 2.05) is 44.4 Å². The van der Waals surface area contributed by atoms with Gasteiger partial charge in [0, 0.05) is 49.5 Å². The topological polar surface area (TPSA) is 36.0 Å². The van der Waals surface area contributed by atoms with Gasteiger partial charge in [-0.25, -0.2) is 0 Å². The second-order valence-corrected chi connectivity index (χ2v) is 9.39. The molecule has 0 aromatic heterocycles. The molecule has 1 aliphatic heterocycles. The van der Waals surface area contributed by atoms with E-state index in [0.717, 1.165) is 43.1 Å². The number of rotatable bonds is 8. The number of carbonyl (C=O) groups excluding carboxylic acids is 1. The van der Waals surface area contributed by atoms with Crippen LogP contribution in [0.5, 0.6) is 5.75 Å². The zero-order valence-corrected chi connectivity index (χ0v) is 21.2. The van der Waals surface area contributed by atoms with Crippen molar-refractivity contribution in [2.45, 2.75) is 6.54 Å². The number of hydrogen-bond acceptors (Lipinski definition) is 5. The number of benzene rings is 3. The highest BCUT2D eigenvalue weighted by atomic mass is 16.5. The number of carbonyl (C=O) groups is 1. The Hall–Kier alpha value is -3.41. The Morgan fingerprint density at radius 1 is 0.971 bits per heavy atom. The fourth-order valence-corrected chi connectivity index (χ4v) is 4.50. The van der Waals surface area contributed by atoms with E-state index < -0.39 is 0 Å². The molecule has 5 heteroatoms. The van der Waals surface area contributed by atoms with Crippen LogP contribution in [-0.2, 0) is 6.54 Å². The van der Waals surface area contributed by atoms with E-state index in [0.29, 0.717) is 12.1 Å². The molecule has 0 bridgehead atoms. The zero-order chi connectivity index (χ0) is 24.8. The lowest BCUT2D eigenvalue weighted by molar-refractivity contribution is 0.104. The third-order valence-electron chi connectivity index (χ3n) is 6.44. The number of allylic oxidation sites excluding steroid dienone is 1. The molecular formula is C30H35N3O2. The Morgan fingerprint density at radius 2 is 1.71 bits per heavy atom. The van der Waals surface area contributed by atoms with Gasteiger partial charge in [0.15, 0.2) is 5.78 Å². The predicted octanol–water partition coefficient (Wildman–Crippen LogP) is 5.07. The predicted molar refractivity (Wildman–Crippen MR) is 145 cm³/mol. The molecular weight excluding hydrogens is 434 g/mol. The first-order valence-corrected chi connectivity index (χ1v) is 12.1. The van der Waals surface area contributed by atoms with Crippen LogP contribution in [0.15, 0.2) is 72.8 Å². The lowest BCUT2D eigenvalue weighted by Crippen LogP contribution is -2.44. The summed E-state index contributed by atoms with van der Waals surface area (Å²) in [6.07, 6.45) is 3.60. The van der Waals surface area contributed by atoms with E-state index in [1.165, 1.54) is 16.8 Å². The summed E-state index contributed by atoms with van der Waals surface area (Å²) in [5.41, 5.74) is 6.30. The minimum absolute atomic E-state index is 0.00564. The SMILES string of the molecule is COc1ccc(C(=O)C=Cc2ccc(N3CCN(C)CC3)c(-c3ccccc3)c2)c(CN(C)C)c1. The lowest BCUT2D eigenvalue weighted by atomic mass is 9.98. The zero-order valence-electron chi connectivity index (χ0n) is 21.2. The number of ketones is 1. The molecule has 0 atom stereocenters. The minimum Gasteiger partial charge on any atom is -0.497 e. The molecule has 0 radical (unpaired) electrons. The highest BCUT2D eigenvalue weighted by Crippen LogP contribution is 2.33. The van der Waals surface area contributed by atoms with E-state index in [2.05, 4.69) is 64.2 Å². The van der Waals surface area contributed by atoms with Crippen LogP contribution >= 0.6 is 0 Å². The van der Waals surface area contributed by atoms with E-state index in [-0.39, 0.29) is 5.78 Å². The first kappa shape index (κ1) is 24.7. The molecule has 1 saturated heterocycles. The van der Waals surface area contributed by atoms with Crippen molar-refractivity contribution >= 4 is 17.5 Å². The van der Waals surface area contributed by atoms with Gasteiger partial charge in [0.05, 0.1) is 7.11 Å². The number of likely N-dealkylation sites (N-methyl/N-ethyl adjacent to an activating group) is 1. The summed E-state index contributed by atoms with van der Waals surface area (Å²) in [4.78, 5) is 20.0. The van der Waals surface area contributed by atoms with E-state index in [9.17, 15) is 4.79 Å². The standard InChI is InChI=1S/C30H35N3O2/c1-31(2)22-25-21-26(35-4)12-13-27(25)30(34)15-11-23-10-14-29(33-18-16-32(3)17-19-33)28(20-23)24-8-6-5-7-9-24/h5-15,20-21H,16-19,22H2,1-4H3. The molecule has 5 nitrogen and oxygen atoms in total. The third kappa shape index (κ3) is 6.18. The number of nitrogens with zero attached hydrogens (tertiary/aromatic N) is 3. The minimum atomic E-state index is -0.00564. The first-order valence-electron chi connectivity index (χ1n) is 12.1. The van der Waals surface area contributed by atoms with Gasteiger partial charge in [-0.1, -0.05) is 42.5 Å². The Labute approximate surface area is 209 Å². The van der Waals surface area contributed by atoms with Gasteiger partial charge in [-0.3, -0.25) is 4.79 Å². The summed E-state index contributed by atoms with van der Waals surface area (Å²) < 4.78 is 5.37. The molecule has 35 heavy (non-hydrogen) atoms. The number of piperazine rings is 1. The van der Waals surface area contributed by atoms with Crippen LogP contribution < -0.4 is 9.64 Å². The molecule has 0 aliphatic carbocycles. The average Bonchev–Trinajstić information content (AvgIpc) is 2.88. The Bertz CT molecular complexity index is 1180. The maximum absolute atomic E-state index is 13.2. The van der Waals surface area contributed by atoms with E-state index >= 15 is 0 Å². The van der Waals surface area contributed by atoms with Crippen LogP contribution in [0.4, 0.5) is 5.69 Å². The van der Waals surface area contributed by atoms with Gasteiger partial charge in [-0.05, 0) is 74.2 Å². The van der Waals surface area contributed by atoms with Gasteiger partial charge in [0.25, 0.3) is 0 Å². The number of ether oxygens (including phenoxy) is 1. The van der Waals surface area contributed by atoms with E-state index in [4.69, 9.17) is 4.74 Å². The van der Waals surface area contributed by atoms with Crippen LogP contribution in [0.1, 0.15) is 21.5 Å². The average molecular weight is 470 g/mol. The highest BCUT2D eigenvalue weighted by molar-refractivity contribution is 6.08. The molecule has 3 aromatic carbocycles. The van der Waals surface area contributed by atoms with Crippen LogP contribution in [-0.4, -0.2) is 70.0 Å². The lowest BCUT2D eigenvalue weighted by Gasteiger charge is -2.35. The van der Waals surface area contributed by atoms with Crippen molar-refractivity contribution < 1.29 is 9.53 Å². The van der Waals surface area contributed by atoms with Gasteiger partial charge in [-0.15, -0.1) is 0 Å². The second kappa shape index (κ2) is 11.3. The van der Waals surface area contributed by atoms with Crippen LogP contribution in [0.3, 0.4) is 0 Å². The molecule has 0 saturated carbocycles. The third-order valence-corrected chi connectivity index (χ3v) is 6.44. The summed E-state index contributed by atoms with van der Waals surface area (Å²) in [6.45, 7) is 4.80. The van der Waals surface area contributed by atoms with Gasteiger partial charge in [0.2, 0.25) is 0 Å². The number of hydrogen-bond donors (Lipinski definition) is 0. The molecule has 0 amide bonds. The number of anilines is 1. The smallest absolute Gasteiger partial charge is 0.186 e. The Morgan fingerprint density at radius 3 is 2.40 bits per heavy atom.